The first-order valence-electron chi connectivity index (χ1n) is 16.9. The molecule has 3 atom stereocenters. The molecule has 4 fully saturated rings. The normalized spacial score (nSPS) is 23.1. The molecular formula is C35H43N7O3. The zero-order valence-corrected chi connectivity index (χ0v) is 26.4. The Morgan fingerprint density at radius 3 is 2.53 bits per heavy atom. The highest BCUT2D eigenvalue weighted by molar-refractivity contribution is 5.94. The Morgan fingerprint density at radius 2 is 1.80 bits per heavy atom. The van der Waals surface area contributed by atoms with Gasteiger partial charge in [-0.3, -0.25) is 9.47 Å². The fourth-order valence-electron chi connectivity index (χ4n) is 8.52. The number of aromatic nitrogens is 4. The molecule has 0 amide bonds. The molecule has 4 saturated heterocycles. The lowest BCUT2D eigenvalue weighted by molar-refractivity contribution is -0.145. The number of anilines is 1. The number of rotatable bonds is 9. The number of hydrogen-bond acceptors (Lipinski definition) is 9. The van der Waals surface area contributed by atoms with Crippen LogP contribution in [0.15, 0.2) is 42.7 Å². The van der Waals surface area contributed by atoms with Crippen molar-refractivity contribution in [2.45, 2.75) is 82.5 Å². The maximum atomic E-state index is 13.9. The van der Waals surface area contributed by atoms with Gasteiger partial charge < -0.3 is 19.7 Å². The van der Waals surface area contributed by atoms with Crippen LogP contribution in [0.5, 0.6) is 5.88 Å². The van der Waals surface area contributed by atoms with Gasteiger partial charge in [0, 0.05) is 25.2 Å². The summed E-state index contributed by atoms with van der Waals surface area (Å²) in [6, 6.07) is 12.6. The van der Waals surface area contributed by atoms with E-state index in [2.05, 4.69) is 46.3 Å². The van der Waals surface area contributed by atoms with E-state index in [1.165, 1.54) is 18.4 Å². The zero-order chi connectivity index (χ0) is 30.5. The summed E-state index contributed by atoms with van der Waals surface area (Å²) in [5.41, 5.74) is 3.32. The minimum atomic E-state index is -0.764. The van der Waals surface area contributed by atoms with E-state index in [1.807, 2.05) is 23.6 Å². The number of benzene rings is 2. The SMILES string of the molecule is CCOC(=O)C(c1cccc2cccc(CC)c12)n1cnc2c(OCC34CCCN3CCC4)nc(N3C[C@H]4CC[C@@H](C3)N4)nc21. The maximum absolute atomic E-state index is 13.9. The van der Waals surface area contributed by atoms with Crippen molar-refractivity contribution >= 4 is 33.9 Å². The molecule has 0 saturated carbocycles. The highest BCUT2D eigenvalue weighted by atomic mass is 16.5. The standard InChI is InChI=1S/C35H43N7O3/c1-3-23-9-5-10-24-11-6-12-27(28(23)24)30(33(43)44-4-2)42-22-36-29-31(42)38-34(40-19-25-13-14-26(20-40)37-25)39-32(29)45-21-35-15-7-17-41(35)18-8-16-35/h5-6,9-12,22,25-26,30,37H,3-4,7-8,13-21H2,1-2H3/t25-,26+,30?. The summed E-state index contributed by atoms with van der Waals surface area (Å²) in [6.45, 7) is 8.83. The topological polar surface area (TPSA) is 97.6 Å². The zero-order valence-electron chi connectivity index (χ0n) is 26.4. The van der Waals surface area contributed by atoms with Crippen LogP contribution in [0.25, 0.3) is 21.9 Å². The molecule has 236 valence electrons. The number of imidazole rings is 1. The van der Waals surface area contributed by atoms with Gasteiger partial charge in [0.2, 0.25) is 11.8 Å². The van der Waals surface area contributed by atoms with Gasteiger partial charge >= 0.3 is 5.97 Å². The molecule has 4 aliphatic heterocycles. The van der Waals surface area contributed by atoms with Crippen molar-refractivity contribution in [3.63, 3.8) is 0 Å². The minimum Gasteiger partial charge on any atom is -0.474 e. The number of carbonyl (C=O) groups is 1. The van der Waals surface area contributed by atoms with Gasteiger partial charge in [0.1, 0.15) is 6.61 Å². The van der Waals surface area contributed by atoms with Crippen LogP contribution in [0.4, 0.5) is 5.95 Å². The first kappa shape index (κ1) is 28.7. The third-order valence-corrected chi connectivity index (χ3v) is 10.7. The second-order valence-corrected chi connectivity index (χ2v) is 13.3. The van der Waals surface area contributed by atoms with Gasteiger partial charge in [-0.15, -0.1) is 0 Å². The molecule has 2 aromatic heterocycles. The molecule has 10 nitrogen and oxygen atoms in total. The third-order valence-electron chi connectivity index (χ3n) is 10.7. The lowest BCUT2D eigenvalue weighted by atomic mass is 9.93. The smallest absolute Gasteiger partial charge is 0.333 e. The van der Waals surface area contributed by atoms with Gasteiger partial charge in [0.15, 0.2) is 17.2 Å². The average molecular weight is 610 g/mol. The van der Waals surface area contributed by atoms with Gasteiger partial charge in [0.25, 0.3) is 0 Å². The van der Waals surface area contributed by atoms with Gasteiger partial charge in [-0.05, 0) is 86.9 Å². The number of ether oxygens (including phenoxy) is 2. The summed E-state index contributed by atoms with van der Waals surface area (Å²) in [5.74, 6) is 0.812. The molecule has 4 aromatic rings. The van der Waals surface area contributed by atoms with Crippen LogP contribution in [0.2, 0.25) is 0 Å². The summed E-state index contributed by atoms with van der Waals surface area (Å²) in [6.07, 6.45) is 9.61. The van der Waals surface area contributed by atoms with Gasteiger partial charge in [-0.2, -0.15) is 9.97 Å². The van der Waals surface area contributed by atoms with Crippen LogP contribution in [0.1, 0.15) is 69.5 Å². The molecule has 8 rings (SSSR count). The lowest BCUT2D eigenvalue weighted by Crippen LogP contribution is -2.51. The first-order valence-corrected chi connectivity index (χ1v) is 16.9. The molecule has 1 unspecified atom stereocenters. The number of piperazine rings is 1. The predicted octanol–water partition coefficient (Wildman–Crippen LogP) is 4.64. The van der Waals surface area contributed by atoms with Crippen molar-refractivity contribution < 1.29 is 14.3 Å². The van der Waals surface area contributed by atoms with Crippen molar-refractivity contribution in [2.75, 3.05) is 44.3 Å². The Balaban J connectivity index is 1.27. The van der Waals surface area contributed by atoms with E-state index >= 15 is 0 Å². The summed E-state index contributed by atoms with van der Waals surface area (Å²) in [5, 5.41) is 5.89. The van der Waals surface area contributed by atoms with Crippen molar-refractivity contribution in [3.05, 3.63) is 53.9 Å². The molecule has 0 aliphatic carbocycles. The molecule has 2 bridgehead atoms. The number of carbonyl (C=O) groups excluding carboxylic acids is 1. The molecule has 0 radical (unpaired) electrons. The van der Waals surface area contributed by atoms with Crippen molar-refractivity contribution in [1.82, 2.24) is 29.7 Å². The minimum absolute atomic E-state index is 0.0706. The van der Waals surface area contributed by atoms with E-state index in [1.54, 1.807) is 6.33 Å². The lowest BCUT2D eigenvalue weighted by Gasteiger charge is -2.33. The van der Waals surface area contributed by atoms with Crippen LogP contribution in [0, 0.1) is 0 Å². The van der Waals surface area contributed by atoms with Crippen LogP contribution in [-0.2, 0) is 16.0 Å². The van der Waals surface area contributed by atoms with Crippen LogP contribution in [0.3, 0.4) is 0 Å². The van der Waals surface area contributed by atoms with Crippen LogP contribution >= 0.6 is 0 Å². The first-order chi connectivity index (χ1) is 22.1. The quantitative estimate of drug-likeness (QED) is 0.272. The Labute approximate surface area is 264 Å². The maximum Gasteiger partial charge on any atom is 0.333 e. The number of hydrogen-bond donors (Lipinski definition) is 1. The number of nitrogens with zero attached hydrogens (tertiary/aromatic N) is 6. The fourth-order valence-corrected chi connectivity index (χ4v) is 8.52. The molecule has 2 aromatic carbocycles. The average Bonchev–Trinajstić information content (AvgIpc) is 3.83. The van der Waals surface area contributed by atoms with Crippen LogP contribution in [-0.4, -0.2) is 87.4 Å². The molecule has 10 heteroatoms. The number of esters is 1. The number of nitrogens with one attached hydrogen (secondary N) is 1. The van der Waals surface area contributed by atoms with E-state index < -0.39 is 6.04 Å². The molecular weight excluding hydrogens is 566 g/mol. The third kappa shape index (κ3) is 4.93. The molecule has 45 heavy (non-hydrogen) atoms. The van der Waals surface area contributed by atoms with Crippen molar-refractivity contribution in [3.8, 4) is 5.88 Å². The van der Waals surface area contributed by atoms with E-state index in [-0.39, 0.29) is 18.1 Å². The molecule has 6 heterocycles. The number of fused-ring (bicyclic) bond motifs is 5. The van der Waals surface area contributed by atoms with Crippen LogP contribution < -0.4 is 15.0 Å². The van der Waals surface area contributed by atoms with Crippen molar-refractivity contribution in [2.24, 2.45) is 0 Å². The largest absolute Gasteiger partial charge is 0.474 e. The second kappa shape index (κ2) is 11.6. The van der Waals surface area contributed by atoms with E-state index in [0.29, 0.717) is 41.7 Å². The molecule has 1 N–H and O–H groups in total. The number of aryl methyl sites for hydroxylation is 1. The molecule has 0 spiro atoms. The Bertz CT molecular complexity index is 1710. The second-order valence-electron chi connectivity index (χ2n) is 13.3. The Morgan fingerprint density at radius 1 is 1.04 bits per heavy atom. The summed E-state index contributed by atoms with van der Waals surface area (Å²) >= 11 is 0. The van der Waals surface area contributed by atoms with Gasteiger partial charge in [-0.25, -0.2) is 9.78 Å². The highest BCUT2D eigenvalue weighted by Gasteiger charge is 2.45. The van der Waals surface area contributed by atoms with Gasteiger partial charge in [0.05, 0.1) is 18.5 Å². The van der Waals surface area contributed by atoms with Crippen molar-refractivity contribution in [1.29, 1.82) is 0 Å². The summed E-state index contributed by atoms with van der Waals surface area (Å²) in [7, 11) is 0. The van der Waals surface area contributed by atoms with E-state index in [4.69, 9.17) is 24.4 Å². The predicted molar refractivity (Wildman–Crippen MR) is 174 cm³/mol. The molecule has 4 aliphatic rings. The van der Waals surface area contributed by atoms with E-state index in [9.17, 15) is 4.79 Å². The summed E-state index contributed by atoms with van der Waals surface area (Å²) in [4.78, 5) is 33.9. The summed E-state index contributed by atoms with van der Waals surface area (Å²) < 4.78 is 14.3. The van der Waals surface area contributed by atoms with E-state index in [0.717, 1.165) is 74.6 Å². The van der Waals surface area contributed by atoms with Gasteiger partial charge in [-0.1, -0.05) is 43.3 Å². The monoisotopic (exact) mass is 609 g/mol. The Hall–Kier alpha value is -3.76. The Kier molecular flexibility index (Phi) is 7.37. The highest BCUT2D eigenvalue weighted by Crippen LogP contribution is 2.40. The fraction of sp³-hybridized carbons (Fsp3) is 0.543.